The van der Waals surface area contributed by atoms with Gasteiger partial charge in [-0.2, -0.15) is 9.97 Å². The van der Waals surface area contributed by atoms with Gasteiger partial charge < -0.3 is 20.1 Å². The van der Waals surface area contributed by atoms with Gasteiger partial charge >= 0.3 is 12.1 Å². The number of nitrogens with two attached hydrogens (primary N) is 1. The second-order valence-corrected chi connectivity index (χ2v) is 13.2. The van der Waals surface area contributed by atoms with Crippen molar-refractivity contribution < 1.29 is 23.0 Å². The molecule has 0 bridgehead atoms. The van der Waals surface area contributed by atoms with Crippen LogP contribution in [0.5, 0.6) is 6.01 Å². The number of piperidine rings is 1. The number of anilines is 1. The predicted molar refractivity (Wildman–Crippen MR) is 179 cm³/mol. The summed E-state index contributed by atoms with van der Waals surface area (Å²) in [5, 5.41) is 2.30. The number of hydrogen-bond acceptors (Lipinski definition) is 8. The molecule has 0 spiro atoms. The van der Waals surface area contributed by atoms with Crippen molar-refractivity contribution in [3.8, 4) is 17.3 Å². The van der Waals surface area contributed by atoms with Crippen LogP contribution in [0.4, 0.5) is 19.4 Å². The molecule has 3 aliphatic heterocycles. The van der Waals surface area contributed by atoms with Gasteiger partial charge in [0.05, 0.1) is 17.5 Å². The molecule has 0 unspecified atom stereocenters. The summed E-state index contributed by atoms with van der Waals surface area (Å²) in [6.07, 6.45) is 8.69. The zero-order valence-electron chi connectivity index (χ0n) is 26.6. The van der Waals surface area contributed by atoms with Gasteiger partial charge in [-0.05, 0) is 60.9 Å². The molecule has 246 valence electrons. The Kier molecular flexibility index (Phi) is 8.65. The minimum Gasteiger partial charge on any atom is -0.461 e. The van der Waals surface area contributed by atoms with Crippen LogP contribution >= 0.6 is 0 Å². The Hall–Kier alpha value is -4.38. The van der Waals surface area contributed by atoms with E-state index in [0.29, 0.717) is 42.1 Å². The first-order valence-corrected chi connectivity index (χ1v) is 16.6. The van der Waals surface area contributed by atoms with Gasteiger partial charge in [0.25, 0.3) is 0 Å². The van der Waals surface area contributed by atoms with Gasteiger partial charge in [-0.3, -0.25) is 9.88 Å². The van der Waals surface area contributed by atoms with Crippen LogP contribution in [-0.2, 0) is 4.74 Å². The first kappa shape index (κ1) is 31.2. The molecular formula is C36H40F2N6O3. The number of amides is 1. The molecule has 0 saturated carbocycles. The number of primary amides is 1. The van der Waals surface area contributed by atoms with E-state index in [-0.39, 0.29) is 36.0 Å². The Balaban J connectivity index is 1.30. The second-order valence-electron chi connectivity index (χ2n) is 13.2. The Bertz CT molecular complexity index is 1830. The molecule has 2 aromatic heterocycles. The Morgan fingerprint density at radius 3 is 2.83 bits per heavy atom. The zero-order valence-corrected chi connectivity index (χ0v) is 26.6. The molecule has 11 heteroatoms. The fourth-order valence-corrected chi connectivity index (χ4v) is 7.69. The van der Waals surface area contributed by atoms with E-state index in [1.165, 1.54) is 0 Å². The lowest BCUT2D eigenvalue weighted by Crippen LogP contribution is -2.43. The zero-order chi connectivity index (χ0) is 32.5. The topological polar surface area (TPSA) is 107 Å². The van der Waals surface area contributed by atoms with Crippen molar-refractivity contribution in [1.29, 1.82) is 0 Å². The molecule has 4 aromatic rings. The molecule has 5 heterocycles. The van der Waals surface area contributed by atoms with Gasteiger partial charge in [-0.15, -0.1) is 0 Å². The van der Waals surface area contributed by atoms with E-state index in [1.54, 1.807) is 6.20 Å². The molecule has 1 amide bonds. The fourth-order valence-electron chi connectivity index (χ4n) is 7.69. The molecule has 3 aliphatic rings. The molecule has 7 rings (SSSR count). The minimum atomic E-state index is -0.878. The van der Waals surface area contributed by atoms with Gasteiger partial charge in [0.15, 0.2) is 5.82 Å². The second kappa shape index (κ2) is 13.0. The molecule has 0 aliphatic carbocycles. The number of ether oxygens (including phenoxy) is 2. The number of carbonyl (C=O) groups is 1. The van der Waals surface area contributed by atoms with Gasteiger partial charge in [-0.1, -0.05) is 55.5 Å². The highest BCUT2D eigenvalue weighted by Gasteiger charge is 2.49. The molecule has 2 N–H and O–H groups in total. The monoisotopic (exact) mass is 642 g/mol. The van der Waals surface area contributed by atoms with E-state index >= 15 is 4.39 Å². The van der Waals surface area contributed by atoms with Crippen molar-refractivity contribution in [3.05, 3.63) is 60.1 Å². The van der Waals surface area contributed by atoms with Crippen molar-refractivity contribution in [2.24, 2.45) is 11.7 Å². The van der Waals surface area contributed by atoms with Gasteiger partial charge in [-0.25, -0.2) is 13.6 Å². The highest BCUT2D eigenvalue weighted by atomic mass is 19.1. The third kappa shape index (κ3) is 6.20. The SMILES string of the molecule is C[C@H]1CCCN(c2nc(OC[C@@]34CCCN3C[C@H](F)C4)nc3c(F)c(-c4cccc5cccc(/C=C/CCOC(N)=O)c45)ncc23)C1. The first-order chi connectivity index (χ1) is 22.8. The molecule has 47 heavy (non-hydrogen) atoms. The quantitative estimate of drug-likeness (QED) is 0.202. The van der Waals surface area contributed by atoms with Gasteiger partial charge in [0, 0.05) is 37.8 Å². The Morgan fingerprint density at radius 1 is 1.15 bits per heavy atom. The van der Waals surface area contributed by atoms with E-state index in [0.717, 1.165) is 61.7 Å². The van der Waals surface area contributed by atoms with Crippen LogP contribution in [0.2, 0.25) is 0 Å². The molecule has 0 radical (unpaired) electrons. The number of fused-ring (bicyclic) bond motifs is 3. The molecule has 3 saturated heterocycles. The standard InChI is InChI=1S/C36H40F2N6O3/c1-23-8-6-15-43(20-23)33-28-19-40-31(27-13-5-12-25-11-4-10-24(29(25)27)9-2-3-17-46-34(39)45)30(38)32(28)41-35(42-33)47-22-36-14-7-16-44(36)21-26(37)18-36/h2,4-5,9-13,19,23,26H,3,6-8,14-18,20-22H2,1H3,(H2,39,45)/b9-2+/t23-,26+,36-/m0/s1. The normalized spacial score (nSPS) is 23.2. The van der Waals surface area contributed by atoms with Crippen molar-refractivity contribution in [3.63, 3.8) is 0 Å². The van der Waals surface area contributed by atoms with Crippen LogP contribution in [0.3, 0.4) is 0 Å². The number of rotatable bonds is 9. The largest absolute Gasteiger partial charge is 0.461 e. The summed E-state index contributed by atoms with van der Waals surface area (Å²) in [5.74, 6) is 0.531. The maximum Gasteiger partial charge on any atom is 0.404 e. The van der Waals surface area contributed by atoms with Crippen molar-refractivity contribution in [2.45, 2.75) is 57.2 Å². The lowest BCUT2D eigenvalue weighted by atomic mass is 9.95. The average Bonchev–Trinajstić information content (AvgIpc) is 3.59. The Morgan fingerprint density at radius 2 is 2.00 bits per heavy atom. The highest BCUT2D eigenvalue weighted by Crippen LogP contribution is 2.41. The summed E-state index contributed by atoms with van der Waals surface area (Å²) in [6, 6.07) is 11.7. The van der Waals surface area contributed by atoms with Crippen molar-refractivity contribution in [2.75, 3.05) is 44.3 Å². The maximum absolute atomic E-state index is 16.9. The number of aromatic nitrogens is 3. The van der Waals surface area contributed by atoms with E-state index in [1.807, 2.05) is 48.6 Å². The summed E-state index contributed by atoms with van der Waals surface area (Å²) < 4.78 is 42.5. The smallest absolute Gasteiger partial charge is 0.404 e. The summed E-state index contributed by atoms with van der Waals surface area (Å²) in [7, 11) is 0. The lowest BCUT2D eigenvalue weighted by Gasteiger charge is -2.33. The molecule has 2 aromatic carbocycles. The average molecular weight is 643 g/mol. The third-order valence-corrected chi connectivity index (χ3v) is 9.85. The van der Waals surface area contributed by atoms with Crippen LogP contribution in [0.25, 0.3) is 39.0 Å². The van der Waals surface area contributed by atoms with Crippen molar-refractivity contribution >= 4 is 39.7 Å². The summed E-state index contributed by atoms with van der Waals surface area (Å²) in [5.41, 5.74) is 6.53. The molecule has 9 nitrogen and oxygen atoms in total. The van der Waals surface area contributed by atoms with Crippen LogP contribution in [0.1, 0.15) is 51.0 Å². The maximum atomic E-state index is 16.9. The van der Waals surface area contributed by atoms with Gasteiger partial charge in [0.1, 0.15) is 29.8 Å². The number of hydrogen-bond donors (Lipinski definition) is 1. The lowest BCUT2D eigenvalue weighted by molar-refractivity contribution is 0.107. The van der Waals surface area contributed by atoms with E-state index in [2.05, 4.69) is 21.7 Å². The Labute approximate surface area is 272 Å². The van der Waals surface area contributed by atoms with Crippen LogP contribution in [0, 0.1) is 11.7 Å². The van der Waals surface area contributed by atoms with E-state index < -0.39 is 18.1 Å². The first-order valence-electron chi connectivity index (χ1n) is 16.6. The number of carbonyl (C=O) groups excluding carboxylic acids is 1. The van der Waals surface area contributed by atoms with E-state index in [9.17, 15) is 9.18 Å². The van der Waals surface area contributed by atoms with Crippen LogP contribution in [-0.4, -0.2) is 77.0 Å². The number of pyridine rings is 1. The fraction of sp³-hybridized carbons (Fsp3) is 0.444. The minimum absolute atomic E-state index is 0.102. The predicted octanol–water partition coefficient (Wildman–Crippen LogP) is 6.67. The number of benzene rings is 2. The van der Waals surface area contributed by atoms with Gasteiger partial charge in [0.2, 0.25) is 0 Å². The highest BCUT2D eigenvalue weighted by molar-refractivity contribution is 6.03. The van der Waals surface area contributed by atoms with Crippen molar-refractivity contribution in [1.82, 2.24) is 19.9 Å². The number of nitrogens with zero attached hydrogens (tertiary/aromatic N) is 5. The molecule has 3 fully saturated rings. The third-order valence-electron chi connectivity index (χ3n) is 9.85. The summed E-state index contributed by atoms with van der Waals surface area (Å²) >= 11 is 0. The summed E-state index contributed by atoms with van der Waals surface area (Å²) in [4.78, 5) is 29.5. The van der Waals surface area contributed by atoms with Crippen LogP contribution in [0.15, 0.2) is 48.7 Å². The number of alkyl halides is 1. The van der Waals surface area contributed by atoms with Crippen LogP contribution < -0.4 is 15.4 Å². The van der Waals surface area contributed by atoms with E-state index in [4.69, 9.17) is 25.2 Å². The number of halogens is 2. The molecule has 3 atom stereocenters. The molecular weight excluding hydrogens is 602 g/mol. The summed E-state index contributed by atoms with van der Waals surface area (Å²) in [6.45, 7) is 5.50.